The molecule has 3 heterocycles. The van der Waals surface area contributed by atoms with Gasteiger partial charge in [-0.3, -0.25) is 4.79 Å². The molecule has 0 N–H and O–H groups in total. The molecule has 5 rings (SSSR count). The molecule has 0 bridgehead atoms. The first-order valence-corrected chi connectivity index (χ1v) is 11.2. The summed E-state index contributed by atoms with van der Waals surface area (Å²) in [6, 6.07) is 9.69. The highest BCUT2D eigenvalue weighted by molar-refractivity contribution is 6.30. The van der Waals surface area contributed by atoms with E-state index in [1.807, 2.05) is 42.2 Å². The molecule has 2 aliphatic rings. The van der Waals surface area contributed by atoms with Crippen LogP contribution in [0.2, 0.25) is 5.02 Å². The number of halogens is 1. The zero-order chi connectivity index (χ0) is 21.4. The van der Waals surface area contributed by atoms with Crippen molar-refractivity contribution in [1.29, 1.82) is 0 Å². The molecule has 1 aromatic carbocycles. The van der Waals surface area contributed by atoms with E-state index < -0.39 is 5.41 Å². The summed E-state index contributed by atoms with van der Waals surface area (Å²) in [4.78, 5) is 24.6. The summed E-state index contributed by atoms with van der Waals surface area (Å²) >= 11 is 6.09. The van der Waals surface area contributed by atoms with Gasteiger partial charge in [0.1, 0.15) is 6.33 Å². The molecule has 2 fully saturated rings. The number of benzene rings is 1. The van der Waals surface area contributed by atoms with Gasteiger partial charge in [0.15, 0.2) is 5.76 Å². The van der Waals surface area contributed by atoms with Crippen LogP contribution in [0.15, 0.2) is 47.4 Å². The molecular formula is C24H25ClN4O2. The standard InChI is InChI=1S/C24H25ClN4O2/c1-16-12-21(31-28-16)20-13-26-15-27-22(20)17-4-2-11-29(14-17)23(30)24(9-3-10-24)18-5-7-19(25)8-6-18/h5-8,12-13,15,17H,2-4,9-11,14H2,1H3. The van der Waals surface area contributed by atoms with Gasteiger partial charge < -0.3 is 9.42 Å². The van der Waals surface area contributed by atoms with Crippen molar-refractivity contribution in [2.45, 2.75) is 50.4 Å². The molecule has 1 aliphatic heterocycles. The van der Waals surface area contributed by atoms with E-state index in [0.29, 0.717) is 17.3 Å². The molecule has 160 valence electrons. The smallest absolute Gasteiger partial charge is 0.233 e. The molecule has 3 aromatic rings. The molecule has 31 heavy (non-hydrogen) atoms. The second-order valence-corrected chi connectivity index (χ2v) is 9.12. The lowest BCUT2D eigenvalue weighted by atomic mass is 9.63. The first kappa shape index (κ1) is 20.2. The summed E-state index contributed by atoms with van der Waals surface area (Å²) < 4.78 is 5.48. The molecule has 0 radical (unpaired) electrons. The second-order valence-electron chi connectivity index (χ2n) is 8.69. The van der Waals surface area contributed by atoms with Gasteiger partial charge in [0.25, 0.3) is 0 Å². The number of aryl methyl sites for hydroxylation is 1. The monoisotopic (exact) mass is 436 g/mol. The maximum absolute atomic E-state index is 13.8. The van der Waals surface area contributed by atoms with E-state index in [9.17, 15) is 4.79 Å². The van der Waals surface area contributed by atoms with E-state index in [0.717, 1.165) is 61.2 Å². The van der Waals surface area contributed by atoms with Crippen LogP contribution in [0, 0.1) is 6.92 Å². The van der Waals surface area contributed by atoms with Crippen LogP contribution in [0.3, 0.4) is 0 Å². The average Bonchev–Trinajstić information content (AvgIpc) is 3.20. The fraction of sp³-hybridized carbons (Fsp3) is 0.417. The minimum absolute atomic E-state index is 0.142. The van der Waals surface area contributed by atoms with Crippen LogP contribution in [0.25, 0.3) is 11.3 Å². The van der Waals surface area contributed by atoms with E-state index in [4.69, 9.17) is 16.1 Å². The van der Waals surface area contributed by atoms with Gasteiger partial charge >= 0.3 is 0 Å². The van der Waals surface area contributed by atoms with Gasteiger partial charge in [-0.25, -0.2) is 9.97 Å². The third kappa shape index (κ3) is 3.63. The fourth-order valence-corrected chi connectivity index (χ4v) is 5.08. The molecule has 2 aromatic heterocycles. The van der Waals surface area contributed by atoms with E-state index in [2.05, 4.69) is 15.1 Å². The third-order valence-corrected chi connectivity index (χ3v) is 7.00. The first-order valence-electron chi connectivity index (χ1n) is 10.9. The predicted molar refractivity (Wildman–Crippen MR) is 118 cm³/mol. The SMILES string of the molecule is Cc1cc(-c2cncnc2C2CCCN(C(=O)C3(c4ccc(Cl)cc4)CCC3)C2)on1. The molecule has 1 saturated carbocycles. The van der Waals surface area contributed by atoms with E-state index in [1.54, 1.807) is 12.5 Å². The number of hydrogen-bond acceptors (Lipinski definition) is 5. The summed E-state index contributed by atoms with van der Waals surface area (Å²) in [6.45, 7) is 3.34. The lowest BCUT2D eigenvalue weighted by Gasteiger charge is -2.46. The van der Waals surface area contributed by atoms with Crippen molar-refractivity contribution in [2.24, 2.45) is 0 Å². The molecule has 1 amide bonds. The molecule has 7 heteroatoms. The second kappa shape index (κ2) is 8.08. The minimum Gasteiger partial charge on any atom is -0.356 e. The Labute approximate surface area is 186 Å². The Morgan fingerprint density at radius 3 is 2.71 bits per heavy atom. The number of nitrogens with zero attached hydrogens (tertiary/aromatic N) is 4. The Balaban J connectivity index is 1.41. The van der Waals surface area contributed by atoms with Gasteiger partial charge in [0.2, 0.25) is 5.91 Å². The van der Waals surface area contributed by atoms with Gasteiger partial charge in [-0.05, 0) is 50.3 Å². The predicted octanol–water partition coefficient (Wildman–Crippen LogP) is 4.92. The van der Waals surface area contributed by atoms with Gasteiger partial charge in [-0.2, -0.15) is 0 Å². The number of piperidine rings is 1. The molecule has 1 unspecified atom stereocenters. The molecule has 6 nitrogen and oxygen atoms in total. The average molecular weight is 437 g/mol. The van der Waals surface area contributed by atoms with Gasteiger partial charge in [0.05, 0.1) is 22.4 Å². The number of likely N-dealkylation sites (tertiary alicyclic amines) is 1. The van der Waals surface area contributed by atoms with E-state index in [-0.39, 0.29) is 11.8 Å². The lowest BCUT2D eigenvalue weighted by molar-refractivity contribution is -0.142. The number of amides is 1. The topological polar surface area (TPSA) is 72.1 Å². The number of aromatic nitrogens is 3. The van der Waals surface area contributed by atoms with E-state index in [1.165, 1.54) is 0 Å². The summed E-state index contributed by atoms with van der Waals surface area (Å²) in [5.74, 6) is 1.05. The highest BCUT2D eigenvalue weighted by Crippen LogP contribution is 2.46. The van der Waals surface area contributed by atoms with Crippen molar-refractivity contribution >= 4 is 17.5 Å². The van der Waals surface area contributed by atoms with Crippen molar-refractivity contribution in [3.05, 3.63) is 64.8 Å². The number of carbonyl (C=O) groups is 1. The Bertz CT molecular complexity index is 1090. The van der Waals surface area contributed by atoms with Crippen LogP contribution in [0.4, 0.5) is 0 Å². The summed E-state index contributed by atoms with van der Waals surface area (Å²) in [6.07, 6.45) is 8.15. The Hall–Kier alpha value is -2.73. The van der Waals surface area contributed by atoms with Crippen LogP contribution >= 0.6 is 11.6 Å². The maximum Gasteiger partial charge on any atom is 0.233 e. The van der Waals surface area contributed by atoms with Crippen LogP contribution in [0.5, 0.6) is 0 Å². The van der Waals surface area contributed by atoms with Crippen LogP contribution in [0.1, 0.15) is 55.0 Å². The van der Waals surface area contributed by atoms with Crippen molar-refractivity contribution in [3.8, 4) is 11.3 Å². The normalized spacial score (nSPS) is 20.3. The van der Waals surface area contributed by atoms with Crippen LogP contribution < -0.4 is 0 Å². The first-order chi connectivity index (χ1) is 15.1. The molecule has 0 spiro atoms. The van der Waals surface area contributed by atoms with Gasteiger partial charge in [0, 0.05) is 36.3 Å². The molecule has 1 aliphatic carbocycles. The van der Waals surface area contributed by atoms with Crippen LogP contribution in [-0.2, 0) is 10.2 Å². The molecule has 1 saturated heterocycles. The Kier molecular flexibility index (Phi) is 5.26. The maximum atomic E-state index is 13.8. The zero-order valence-corrected chi connectivity index (χ0v) is 18.3. The summed E-state index contributed by atoms with van der Waals surface area (Å²) in [5.41, 5.74) is 3.27. The summed E-state index contributed by atoms with van der Waals surface area (Å²) in [7, 11) is 0. The molecule has 1 atom stereocenters. The highest BCUT2D eigenvalue weighted by atomic mass is 35.5. The number of carbonyl (C=O) groups excluding carboxylic acids is 1. The molecular weight excluding hydrogens is 412 g/mol. The van der Waals surface area contributed by atoms with Gasteiger partial charge in [-0.1, -0.05) is 35.3 Å². The number of hydrogen-bond donors (Lipinski definition) is 0. The minimum atomic E-state index is -0.414. The van der Waals surface area contributed by atoms with Crippen molar-refractivity contribution in [3.63, 3.8) is 0 Å². The Morgan fingerprint density at radius 1 is 1.23 bits per heavy atom. The third-order valence-electron chi connectivity index (χ3n) is 6.75. The van der Waals surface area contributed by atoms with E-state index >= 15 is 0 Å². The quantitative estimate of drug-likeness (QED) is 0.580. The van der Waals surface area contributed by atoms with Gasteiger partial charge in [-0.15, -0.1) is 0 Å². The van der Waals surface area contributed by atoms with Crippen molar-refractivity contribution in [2.75, 3.05) is 13.1 Å². The number of rotatable bonds is 4. The largest absolute Gasteiger partial charge is 0.356 e. The fourth-order valence-electron chi connectivity index (χ4n) is 4.96. The van der Waals surface area contributed by atoms with Crippen molar-refractivity contribution < 1.29 is 9.32 Å². The Morgan fingerprint density at radius 2 is 2.03 bits per heavy atom. The van der Waals surface area contributed by atoms with Crippen LogP contribution in [-0.4, -0.2) is 39.0 Å². The zero-order valence-electron chi connectivity index (χ0n) is 17.6. The van der Waals surface area contributed by atoms with Crippen molar-refractivity contribution in [1.82, 2.24) is 20.0 Å². The summed E-state index contributed by atoms with van der Waals surface area (Å²) in [5, 5.41) is 4.71. The highest BCUT2D eigenvalue weighted by Gasteiger charge is 2.48. The lowest BCUT2D eigenvalue weighted by Crippen LogP contribution is -2.53.